The lowest BCUT2D eigenvalue weighted by molar-refractivity contribution is 0.267. The maximum Gasteiger partial charge on any atom is 0.00692 e. The second-order valence-electron chi connectivity index (χ2n) is 6.14. The van der Waals surface area contributed by atoms with Gasteiger partial charge in [-0.05, 0) is 48.9 Å². The van der Waals surface area contributed by atoms with Gasteiger partial charge in [0.1, 0.15) is 0 Å². The summed E-state index contributed by atoms with van der Waals surface area (Å²) in [5, 5.41) is 1.16. The number of hydrogen-bond donors (Lipinski definition) is 0. The van der Waals surface area contributed by atoms with E-state index in [-0.39, 0.29) is 0 Å². The molecule has 2 aliphatic carbocycles. The molecule has 0 radical (unpaired) electrons. The smallest absolute Gasteiger partial charge is 0.00692 e. The Kier molecular flexibility index (Phi) is 2.84. The van der Waals surface area contributed by atoms with Crippen molar-refractivity contribution in [2.45, 2.75) is 26.2 Å². The fourth-order valence-electron chi connectivity index (χ4n) is 4.41. The summed E-state index contributed by atoms with van der Waals surface area (Å²) in [7, 11) is 0. The van der Waals surface area contributed by atoms with Crippen LogP contribution in [0.3, 0.4) is 0 Å². The lowest BCUT2D eigenvalue weighted by Crippen LogP contribution is -2.28. The minimum Gasteiger partial charge on any atom is -0.302 e. The Morgan fingerprint density at radius 2 is 1.80 bits per heavy atom. The van der Waals surface area contributed by atoms with Gasteiger partial charge in [0.05, 0.1) is 0 Å². The van der Waals surface area contributed by atoms with Gasteiger partial charge in [-0.3, -0.25) is 0 Å². The molecule has 1 nitrogen and oxygen atoms in total. The molecule has 3 aliphatic rings. The predicted molar refractivity (Wildman–Crippen MR) is 67.2 cm³/mol. The monoisotopic (exact) mass is 271 g/mol. The van der Waals surface area contributed by atoms with E-state index in [0.29, 0.717) is 0 Å². The summed E-state index contributed by atoms with van der Waals surface area (Å²) < 4.78 is 0. The van der Waals surface area contributed by atoms with E-state index in [1.54, 1.807) is 19.3 Å². The molecule has 2 bridgehead atoms. The Morgan fingerprint density at radius 3 is 2.33 bits per heavy atom. The molecule has 1 aliphatic heterocycles. The first-order valence-electron chi connectivity index (χ1n) is 6.56. The van der Waals surface area contributed by atoms with Crippen LogP contribution in [-0.4, -0.2) is 29.9 Å². The Labute approximate surface area is 102 Å². The van der Waals surface area contributed by atoms with Crippen LogP contribution in [0.5, 0.6) is 0 Å². The molecule has 86 valence electrons. The third kappa shape index (κ3) is 1.78. The Hall–Kier alpha value is 0.440. The van der Waals surface area contributed by atoms with Crippen LogP contribution in [0, 0.1) is 29.6 Å². The highest BCUT2D eigenvalue weighted by molar-refractivity contribution is 9.09. The average Bonchev–Trinajstić information content (AvgIpc) is 2.87. The van der Waals surface area contributed by atoms with Gasteiger partial charge in [0, 0.05) is 25.0 Å². The van der Waals surface area contributed by atoms with Gasteiger partial charge in [-0.15, -0.1) is 0 Å². The van der Waals surface area contributed by atoms with Crippen LogP contribution in [0.25, 0.3) is 0 Å². The molecule has 0 aromatic heterocycles. The second-order valence-corrected chi connectivity index (χ2v) is 6.79. The largest absolute Gasteiger partial charge is 0.302 e. The highest BCUT2D eigenvalue weighted by atomic mass is 79.9. The van der Waals surface area contributed by atoms with Crippen LogP contribution in [0.15, 0.2) is 0 Å². The van der Waals surface area contributed by atoms with Crippen molar-refractivity contribution in [1.29, 1.82) is 0 Å². The van der Waals surface area contributed by atoms with Gasteiger partial charge in [0.25, 0.3) is 0 Å². The van der Waals surface area contributed by atoms with Crippen LogP contribution in [0.1, 0.15) is 26.2 Å². The van der Waals surface area contributed by atoms with Crippen molar-refractivity contribution < 1.29 is 0 Å². The zero-order chi connectivity index (χ0) is 10.4. The summed E-state index contributed by atoms with van der Waals surface area (Å²) in [5.41, 5.74) is 0. The first kappa shape index (κ1) is 10.6. The fraction of sp³-hybridized carbons (Fsp3) is 1.00. The summed E-state index contributed by atoms with van der Waals surface area (Å²) in [6.45, 7) is 6.52. The topological polar surface area (TPSA) is 3.24 Å². The molecule has 0 N–H and O–H groups in total. The minimum absolute atomic E-state index is 0.821. The van der Waals surface area contributed by atoms with Crippen molar-refractivity contribution in [3.8, 4) is 0 Å². The zero-order valence-electron chi connectivity index (χ0n) is 9.66. The number of likely N-dealkylation sites (tertiary alicyclic amines) is 1. The van der Waals surface area contributed by atoms with Crippen molar-refractivity contribution >= 4 is 15.9 Å². The van der Waals surface area contributed by atoms with Gasteiger partial charge in [0.2, 0.25) is 0 Å². The Balaban J connectivity index is 1.60. The molecule has 5 atom stereocenters. The van der Waals surface area contributed by atoms with E-state index in [1.165, 1.54) is 19.6 Å². The van der Waals surface area contributed by atoms with Gasteiger partial charge in [0.15, 0.2) is 0 Å². The first-order chi connectivity index (χ1) is 7.28. The molecular formula is C13H22BrN. The maximum absolute atomic E-state index is 3.59. The molecule has 3 fully saturated rings. The minimum atomic E-state index is 0.821. The molecule has 3 rings (SSSR count). The normalized spacial score (nSPS) is 46.0. The quantitative estimate of drug-likeness (QED) is 0.714. The van der Waals surface area contributed by atoms with E-state index in [4.69, 9.17) is 0 Å². The molecule has 5 unspecified atom stereocenters. The molecule has 1 heterocycles. The SMILES string of the molecule is CC(CBr)CN1CC2C3CCC(C3)C2C1. The molecule has 0 amide bonds. The number of hydrogen-bond acceptors (Lipinski definition) is 1. The summed E-state index contributed by atoms with van der Waals surface area (Å²) in [6, 6.07) is 0. The van der Waals surface area contributed by atoms with Crippen molar-refractivity contribution in [3.63, 3.8) is 0 Å². The van der Waals surface area contributed by atoms with Gasteiger partial charge >= 0.3 is 0 Å². The molecular weight excluding hydrogens is 250 g/mol. The van der Waals surface area contributed by atoms with E-state index in [0.717, 1.165) is 34.9 Å². The number of rotatable bonds is 3. The van der Waals surface area contributed by atoms with Crippen LogP contribution < -0.4 is 0 Å². The first-order valence-corrected chi connectivity index (χ1v) is 7.68. The summed E-state index contributed by atoms with van der Waals surface area (Å²) in [5.74, 6) is 5.23. The van der Waals surface area contributed by atoms with Crippen LogP contribution in [-0.2, 0) is 0 Å². The third-order valence-corrected chi connectivity index (χ3v) is 6.15. The number of halogens is 1. The average molecular weight is 272 g/mol. The number of nitrogens with zero attached hydrogens (tertiary/aromatic N) is 1. The Morgan fingerprint density at radius 1 is 1.20 bits per heavy atom. The van der Waals surface area contributed by atoms with Crippen LogP contribution in [0.2, 0.25) is 0 Å². The lowest BCUT2D eigenvalue weighted by atomic mass is 9.82. The van der Waals surface area contributed by atoms with Gasteiger partial charge in [-0.1, -0.05) is 22.9 Å². The van der Waals surface area contributed by atoms with E-state index in [1.807, 2.05) is 0 Å². The molecule has 15 heavy (non-hydrogen) atoms. The van der Waals surface area contributed by atoms with E-state index in [2.05, 4.69) is 27.8 Å². The third-order valence-electron chi connectivity index (χ3n) is 5.05. The fourth-order valence-corrected chi connectivity index (χ4v) is 4.61. The summed E-state index contributed by atoms with van der Waals surface area (Å²) in [4.78, 5) is 2.74. The van der Waals surface area contributed by atoms with Gasteiger partial charge in [-0.25, -0.2) is 0 Å². The molecule has 0 aromatic rings. The molecule has 2 saturated carbocycles. The Bertz CT molecular complexity index is 225. The molecule has 0 aromatic carbocycles. The second kappa shape index (κ2) is 4.03. The summed E-state index contributed by atoms with van der Waals surface area (Å²) in [6.07, 6.45) is 4.68. The van der Waals surface area contributed by atoms with Crippen LogP contribution >= 0.6 is 15.9 Å². The van der Waals surface area contributed by atoms with Crippen molar-refractivity contribution in [3.05, 3.63) is 0 Å². The standard InChI is InChI=1S/C13H22BrN/c1-9(5-14)6-15-7-12-10-2-3-11(4-10)13(12)8-15/h9-13H,2-8H2,1H3. The number of fused-ring (bicyclic) bond motifs is 5. The van der Waals surface area contributed by atoms with E-state index in [9.17, 15) is 0 Å². The summed E-state index contributed by atoms with van der Waals surface area (Å²) >= 11 is 3.59. The van der Waals surface area contributed by atoms with E-state index < -0.39 is 0 Å². The van der Waals surface area contributed by atoms with Gasteiger partial charge < -0.3 is 4.90 Å². The predicted octanol–water partition coefficient (Wildman–Crippen LogP) is 3.00. The lowest BCUT2D eigenvalue weighted by Gasteiger charge is -2.22. The van der Waals surface area contributed by atoms with Crippen molar-refractivity contribution in [1.82, 2.24) is 4.90 Å². The van der Waals surface area contributed by atoms with Crippen molar-refractivity contribution in [2.75, 3.05) is 25.0 Å². The highest BCUT2D eigenvalue weighted by Crippen LogP contribution is 2.55. The van der Waals surface area contributed by atoms with Crippen molar-refractivity contribution in [2.24, 2.45) is 29.6 Å². The molecule has 2 heteroatoms. The highest BCUT2D eigenvalue weighted by Gasteiger charge is 2.51. The molecule has 1 saturated heterocycles. The maximum atomic E-state index is 3.59. The molecule has 0 spiro atoms. The zero-order valence-corrected chi connectivity index (χ0v) is 11.2. The van der Waals surface area contributed by atoms with Gasteiger partial charge in [-0.2, -0.15) is 0 Å². The van der Waals surface area contributed by atoms with E-state index >= 15 is 0 Å². The number of alkyl halides is 1. The van der Waals surface area contributed by atoms with Crippen LogP contribution in [0.4, 0.5) is 0 Å².